The number of rotatable bonds is 6. The highest BCUT2D eigenvalue weighted by molar-refractivity contribution is 5.95. The second-order valence-corrected chi connectivity index (χ2v) is 7.75. The minimum Gasteiger partial charge on any atom is -0.348 e. The quantitative estimate of drug-likeness (QED) is 0.679. The minimum absolute atomic E-state index is 0.172. The second-order valence-electron chi connectivity index (χ2n) is 7.75. The summed E-state index contributed by atoms with van der Waals surface area (Å²) in [5.41, 5.74) is 4.31. The third kappa shape index (κ3) is 4.41. The highest BCUT2D eigenvalue weighted by Crippen LogP contribution is 2.32. The molecule has 1 N–H and O–H groups in total. The van der Waals surface area contributed by atoms with Crippen molar-refractivity contribution in [3.63, 3.8) is 0 Å². The molecule has 1 saturated heterocycles. The van der Waals surface area contributed by atoms with Gasteiger partial charge in [-0.15, -0.1) is 0 Å². The second kappa shape index (κ2) is 8.75. The zero-order valence-electron chi connectivity index (χ0n) is 17.3. The molecule has 3 aromatic rings. The van der Waals surface area contributed by atoms with Crippen molar-refractivity contribution in [1.29, 1.82) is 0 Å². The van der Waals surface area contributed by atoms with E-state index in [0.29, 0.717) is 12.1 Å². The number of amides is 1. The highest BCUT2D eigenvalue weighted by atomic mass is 19.1. The first-order valence-electron chi connectivity index (χ1n) is 10.2. The van der Waals surface area contributed by atoms with Crippen molar-refractivity contribution in [1.82, 2.24) is 25.0 Å². The van der Waals surface area contributed by atoms with Crippen LogP contribution in [-0.4, -0.2) is 32.1 Å². The SMILES string of the molecule is Cc1nc([C@H]2CCCN2Cc2ccnn2C)ccc1C(=O)NCc1ccc(F)cc1. The first-order chi connectivity index (χ1) is 14.5. The zero-order chi connectivity index (χ0) is 21.1. The van der Waals surface area contributed by atoms with Crippen LogP contribution in [0.3, 0.4) is 0 Å². The van der Waals surface area contributed by atoms with Crippen molar-refractivity contribution in [2.75, 3.05) is 6.54 Å². The molecule has 0 radical (unpaired) electrons. The van der Waals surface area contributed by atoms with Gasteiger partial charge in [0.1, 0.15) is 5.82 Å². The molecule has 6 nitrogen and oxygen atoms in total. The number of nitrogens with one attached hydrogen (secondary N) is 1. The molecule has 1 atom stereocenters. The van der Waals surface area contributed by atoms with Crippen molar-refractivity contribution in [3.8, 4) is 0 Å². The van der Waals surface area contributed by atoms with E-state index in [2.05, 4.69) is 15.3 Å². The van der Waals surface area contributed by atoms with Crippen LogP contribution in [0, 0.1) is 12.7 Å². The van der Waals surface area contributed by atoms with Gasteiger partial charge in [-0.3, -0.25) is 19.4 Å². The number of nitrogens with zero attached hydrogens (tertiary/aromatic N) is 4. The fourth-order valence-corrected chi connectivity index (χ4v) is 4.00. The van der Waals surface area contributed by atoms with Gasteiger partial charge in [-0.05, 0) is 62.2 Å². The van der Waals surface area contributed by atoms with Crippen LogP contribution in [0.25, 0.3) is 0 Å². The number of halogens is 1. The maximum Gasteiger partial charge on any atom is 0.253 e. The Hall–Kier alpha value is -3.06. The predicted molar refractivity (Wildman–Crippen MR) is 112 cm³/mol. The molecule has 0 aliphatic carbocycles. The number of hydrogen-bond donors (Lipinski definition) is 1. The number of pyridine rings is 1. The van der Waals surface area contributed by atoms with Crippen molar-refractivity contribution in [2.24, 2.45) is 7.05 Å². The highest BCUT2D eigenvalue weighted by Gasteiger charge is 2.28. The third-order valence-electron chi connectivity index (χ3n) is 5.71. The van der Waals surface area contributed by atoms with Gasteiger partial charge in [0.05, 0.1) is 28.7 Å². The molecular formula is C23H26FN5O. The summed E-state index contributed by atoms with van der Waals surface area (Å²) in [6.45, 7) is 4.08. The van der Waals surface area contributed by atoms with Crippen molar-refractivity contribution < 1.29 is 9.18 Å². The van der Waals surface area contributed by atoms with E-state index in [9.17, 15) is 9.18 Å². The largest absolute Gasteiger partial charge is 0.348 e. The standard InChI is InChI=1S/C23H26FN5O/c1-16-20(23(30)25-14-17-5-7-18(24)8-6-17)9-10-21(27-16)22-4-3-13-29(22)15-19-11-12-26-28(19)2/h5-12,22H,3-4,13-15H2,1-2H3,(H,25,30)/t22-/m1/s1. The molecule has 156 valence electrons. The van der Waals surface area contributed by atoms with E-state index < -0.39 is 0 Å². The predicted octanol–water partition coefficient (Wildman–Crippen LogP) is 3.53. The number of likely N-dealkylation sites (tertiary alicyclic amines) is 1. The average Bonchev–Trinajstić information content (AvgIpc) is 3.36. The lowest BCUT2D eigenvalue weighted by molar-refractivity contribution is 0.0949. The Morgan fingerprint density at radius 3 is 2.70 bits per heavy atom. The number of carbonyl (C=O) groups excluding carboxylic acids is 1. The Balaban J connectivity index is 1.43. The molecule has 1 aromatic carbocycles. The molecule has 2 aromatic heterocycles. The summed E-state index contributed by atoms with van der Waals surface area (Å²) in [4.78, 5) is 19.8. The Labute approximate surface area is 175 Å². The smallest absolute Gasteiger partial charge is 0.253 e. The molecule has 30 heavy (non-hydrogen) atoms. The summed E-state index contributed by atoms with van der Waals surface area (Å²) >= 11 is 0. The van der Waals surface area contributed by atoms with Gasteiger partial charge in [0, 0.05) is 26.3 Å². The van der Waals surface area contributed by atoms with Gasteiger partial charge in [0.25, 0.3) is 5.91 Å². The molecule has 1 amide bonds. The molecule has 0 unspecified atom stereocenters. The summed E-state index contributed by atoms with van der Waals surface area (Å²) in [5.74, 6) is -0.459. The zero-order valence-corrected chi connectivity index (χ0v) is 17.3. The van der Waals surface area contributed by atoms with E-state index in [0.717, 1.165) is 42.9 Å². The van der Waals surface area contributed by atoms with Crippen LogP contribution in [0.1, 0.15) is 51.9 Å². The summed E-state index contributed by atoms with van der Waals surface area (Å²) in [6.07, 6.45) is 4.01. The molecular weight excluding hydrogens is 381 g/mol. The van der Waals surface area contributed by atoms with Gasteiger partial charge in [-0.2, -0.15) is 5.10 Å². The summed E-state index contributed by atoms with van der Waals surface area (Å²) < 4.78 is 14.9. The molecule has 1 aliphatic heterocycles. The van der Waals surface area contributed by atoms with Gasteiger partial charge < -0.3 is 5.32 Å². The number of carbonyl (C=O) groups is 1. The Bertz CT molecular complexity index is 1030. The van der Waals surface area contributed by atoms with Gasteiger partial charge in [0.15, 0.2) is 0 Å². The molecule has 4 rings (SSSR count). The molecule has 0 saturated carbocycles. The van der Waals surface area contributed by atoms with Crippen LogP contribution in [-0.2, 0) is 20.1 Å². The summed E-state index contributed by atoms with van der Waals surface area (Å²) in [7, 11) is 1.96. The maximum atomic E-state index is 13.0. The van der Waals surface area contributed by atoms with E-state index >= 15 is 0 Å². The van der Waals surface area contributed by atoms with Crippen molar-refractivity contribution >= 4 is 5.91 Å². The average molecular weight is 407 g/mol. The maximum absolute atomic E-state index is 13.0. The van der Waals surface area contributed by atoms with Gasteiger partial charge in [-0.1, -0.05) is 12.1 Å². The van der Waals surface area contributed by atoms with E-state index in [1.54, 1.807) is 12.1 Å². The number of hydrogen-bond acceptors (Lipinski definition) is 4. The number of benzene rings is 1. The van der Waals surface area contributed by atoms with Gasteiger partial charge in [-0.25, -0.2) is 4.39 Å². The summed E-state index contributed by atoms with van der Waals surface area (Å²) in [6, 6.07) is 12.2. The van der Waals surface area contributed by atoms with Gasteiger partial charge >= 0.3 is 0 Å². The monoisotopic (exact) mass is 407 g/mol. The normalized spacial score (nSPS) is 16.7. The van der Waals surface area contributed by atoms with E-state index in [1.807, 2.05) is 43.0 Å². The van der Waals surface area contributed by atoms with Crippen LogP contribution >= 0.6 is 0 Å². The minimum atomic E-state index is -0.287. The molecule has 0 bridgehead atoms. The van der Waals surface area contributed by atoms with Crippen LogP contribution in [0.15, 0.2) is 48.7 Å². The van der Waals surface area contributed by atoms with Crippen LogP contribution in [0.5, 0.6) is 0 Å². The molecule has 3 heterocycles. The molecule has 7 heteroatoms. The lowest BCUT2D eigenvalue weighted by Crippen LogP contribution is -2.26. The van der Waals surface area contributed by atoms with Crippen molar-refractivity contribution in [3.05, 3.63) is 82.7 Å². The van der Waals surface area contributed by atoms with Crippen LogP contribution < -0.4 is 5.32 Å². The Morgan fingerprint density at radius 1 is 1.20 bits per heavy atom. The lowest BCUT2D eigenvalue weighted by Gasteiger charge is -2.24. The van der Waals surface area contributed by atoms with Gasteiger partial charge in [0.2, 0.25) is 0 Å². The fourth-order valence-electron chi connectivity index (χ4n) is 4.00. The third-order valence-corrected chi connectivity index (χ3v) is 5.71. The summed E-state index contributed by atoms with van der Waals surface area (Å²) in [5, 5.41) is 7.14. The first kappa shape index (κ1) is 20.2. The molecule has 1 fully saturated rings. The Morgan fingerprint density at radius 2 is 2.00 bits per heavy atom. The van der Waals surface area contributed by atoms with E-state index in [1.165, 1.54) is 17.8 Å². The number of aromatic nitrogens is 3. The molecule has 0 spiro atoms. The number of aryl methyl sites for hydroxylation is 2. The topological polar surface area (TPSA) is 63.1 Å². The first-order valence-corrected chi connectivity index (χ1v) is 10.2. The van der Waals surface area contributed by atoms with E-state index in [4.69, 9.17) is 4.98 Å². The molecule has 1 aliphatic rings. The van der Waals surface area contributed by atoms with Crippen LogP contribution in [0.2, 0.25) is 0 Å². The van der Waals surface area contributed by atoms with Crippen molar-refractivity contribution in [2.45, 2.75) is 38.9 Å². The lowest BCUT2D eigenvalue weighted by atomic mass is 10.1. The van der Waals surface area contributed by atoms with E-state index in [-0.39, 0.29) is 17.8 Å². The van der Waals surface area contributed by atoms with Crippen LogP contribution in [0.4, 0.5) is 4.39 Å². The fraction of sp³-hybridized carbons (Fsp3) is 0.348. The Kier molecular flexibility index (Phi) is 5.90.